The molecule has 1 fully saturated rings. The van der Waals surface area contributed by atoms with Crippen LogP contribution >= 0.6 is 11.6 Å². The van der Waals surface area contributed by atoms with E-state index in [0.29, 0.717) is 6.54 Å². The van der Waals surface area contributed by atoms with Crippen molar-refractivity contribution in [2.45, 2.75) is 24.7 Å². The summed E-state index contributed by atoms with van der Waals surface area (Å²) < 4.78 is 0. The third kappa shape index (κ3) is 1.46. The molecular weight excluding hydrogens is 214 g/mol. The van der Waals surface area contributed by atoms with Crippen molar-refractivity contribution in [3.8, 4) is 11.5 Å². The molecule has 0 radical (unpaired) electrons. The summed E-state index contributed by atoms with van der Waals surface area (Å²) in [6.45, 7) is 0.488. The maximum atomic E-state index is 9.82. The predicted octanol–water partition coefficient (Wildman–Crippen LogP) is 2.13. The number of nitrogens with two attached hydrogens (primary N) is 1. The van der Waals surface area contributed by atoms with Gasteiger partial charge in [-0.1, -0.05) is 24.1 Å². The Balaban J connectivity index is 2.49. The average molecular weight is 228 g/mol. The fourth-order valence-corrected chi connectivity index (χ4v) is 2.32. The second-order valence-electron chi connectivity index (χ2n) is 4.13. The third-order valence-corrected chi connectivity index (χ3v) is 3.68. The number of phenolic OH excluding ortho intramolecular Hbond substituents is 2. The van der Waals surface area contributed by atoms with Gasteiger partial charge >= 0.3 is 0 Å². The molecule has 1 aromatic carbocycles. The van der Waals surface area contributed by atoms with Gasteiger partial charge in [-0.05, 0) is 18.9 Å². The number of rotatable bonds is 2. The van der Waals surface area contributed by atoms with Crippen LogP contribution in [0.15, 0.2) is 12.1 Å². The Hall–Kier alpha value is -0.930. The van der Waals surface area contributed by atoms with Crippen LogP contribution in [0.5, 0.6) is 11.5 Å². The molecule has 82 valence electrons. The highest BCUT2D eigenvalue weighted by Crippen LogP contribution is 2.49. The van der Waals surface area contributed by atoms with Gasteiger partial charge in [-0.25, -0.2) is 0 Å². The first kappa shape index (κ1) is 10.6. The topological polar surface area (TPSA) is 66.5 Å². The molecule has 0 spiro atoms. The van der Waals surface area contributed by atoms with Crippen molar-refractivity contribution in [3.05, 3.63) is 22.7 Å². The molecule has 1 aliphatic carbocycles. The van der Waals surface area contributed by atoms with Crippen LogP contribution in [0.2, 0.25) is 5.02 Å². The molecule has 15 heavy (non-hydrogen) atoms. The molecule has 0 bridgehead atoms. The second kappa shape index (κ2) is 3.58. The quantitative estimate of drug-likeness (QED) is 0.678. The first-order chi connectivity index (χ1) is 7.10. The molecule has 1 aliphatic rings. The second-order valence-corrected chi connectivity index (χ2v) is 4.54. The van der Waals surface area contributed by atoms with Gasteiger partial charge < -0.3 is 15.9 Å². The lowest BCUT2D eigenvalue weighted by Gasteiger charge is -2.41. The Morgan fingerprint density at radius 2 is 1.93 bits per heavy atom. The maximum absolute atomic E-state index is 9.82. The van der Waals surface area contributed by atoms with E-state index in [-0.39, 0.29) is 21.9 Å². The molecule has 0 aliphatic heterocycles. The highest BCUT2D eigenvalue weighted by Gasteiger charge is 2.40. The van der Waals surface area contributed by atoms with E-state index < -0.39 is 0 Å². The molecule has 0 saturated heterocycles. The minimum absolute atomic E-state index is 0.118. The predicted molar refractivity (Wildman–Crippen MR) is 59.4 cm³/mol. The van der Waals surface area contributed by atoms with Crippen molar-refractivity contribution in [2.75, 3.05) is 6.54 Å². The first-order valence-corrected chi connectivity index (χ1v) is 5.39. The van der Waals surface area contributed by atoms with E-state index in [4.69, 9.17) is 17.3 Å². The van der Waals surface area contributed by atoms with E-state index in [1.807, 2.05) is 0 Å². The van der Waals surface area contributed by atoms with Crippen molar-refractivity contribution >= 4 is 11.6 Å². The van der Waals surface area contributed by atoms with Crippen molar-refractivity contribution in [1.29, 1.82) is 0 Å². The van der Waals surface area contributed by atoms with E-state index in [0.717, 1.165) is 24.8 Å². The van der Waals surface area contributed by atoms with Crippen LogP contribution in [-0.4, -0.2) is 16.8 Å². The molecule has 0 atom stereocenters. The summed E-state index contributed by atoms with van der Waals surface area (Å²) in [6.07, 6.45) is 3.02. The number of benzene rings is 1. The SMILES string of the molecule is NCC1(c2ccc(Cl)c(O)c2O)CCC1. The lowest BCUT2D eigenvalue weighted by Crippen LogP contribution is -2.41. The van der Waals surface area contributed by atoms with Crippen molar-refractivity contribution < 1.29 is 10.2 Å². The molecule has 4 heteroatoms. The Morgan fingerprint density at radius 3 is 2.40 bits per heavy atom. The minimum Gasteiger partial charge on any atom is -0.504 e. The Bertz CT molecular complexity index is 383. The van der Waals surface area contributed by atoms with E-state index in [1.54, 1.807) is 12.1 Å². The zero-order chi connectivity index (χ0) is 11.1. The van der Waals surface area contributed by atoms with Gasteiger partial charge in [0.15, 0.2) is 11.5 Å². The van der Waals surface area contributed by atoms with Gasteiger partial charge in [-0.2, -0.15) is 0 Å². The van der Waals surface area contributed by atoms with Gasteiger partial charge in [0.25, 0.3) is 0 Å². The van der Waals surface area contributed by atoms with E-state index in [2.05, 4.69) is 0 Å². The highest BCUT2D eigenvalue weighted by atomic mass is 35.5. The summed E-state index contributed by atoms with van der Waals surface area (Å²) in [5.74, 6) is -0.360. The maximum Gasteiger partial charge on any atom is 0.176 e. The number of aromatic hydroxyl groups is 2. The fourth-order valence-electron chi connectivity index (χ4n) is 2.17. The summed E-state index contributed by atoms with van der Waals surface area (Å²) >= 11 is 5.70. The highest BCUT2D eigenvalue weighted by molar-refractivity contribution is 6.32. The van der Waals surface area contributed by atoms with Crippen LogP contribution in [0.3, 0.4) is 0 Å². The van der Waals surface area contributed by atoms with Crippen molar-refractivity contribution in [3.63, 3.8) is 0 Å². The number of hydrogen-bond donors (Lipinski definition) is 3. The molecule has 0 heterocycles. The molecule has 3 nitrogen and oxygen atoms in total. The molecule has 0 amide bonds. The van der Waals surface area contributed by atoms with Crippen molar-refractivity contribution in [2.24, 2.45) is 5.73 Å². The van der Waals surface area contributed by atoms with Crippen molar-refractivity contribution in [1.82, 2.24) is 0 Å². The van der Waals surface area contributed by atoms with Crippen LogP contribution in [0.25, 0.3) is 0 Å². The number of phenols is 2. The molecule has 1 saturated carbocycles. The summed E-state index contributed by atoms with van der Waals surface area (Å²) in [6, 6.07) is 3.35. The van der Waals surface area contributed by atoms with Gasteiger partial charge in [0, 0.05) is 17.5 Å². The van der Waals surface area contributed by atoms with Gasteiger partial charge in [-0.3, -0.25) is 0 Å². The molecule has 1 aromatic rings. The van der Waals surface area contributed by atoms with Gasteiger partial charge in [0.2, 0.25) is 0 Å². The summed E-state index contributed by atoms with van der Waals surface area (Å²) in [7, 11) is 0. The third-order valence-electron chi connectivity index (χ3n) is 3.37. The van der Waals surface area contributed by atoms with Gasteiger partial charge in [0.05, 0.1) is 5.02 Å². The average Bonchev–Trinajstić information content (AvgIpc) is 2.17. The van der Waals surface area contributed by atoms with E-state index >= 15 is 0 Å². The van der Waals surface area contributed by atoms with Crippen LogP contribution in [0.4, 0.5) is 0 Å². The van der Waals surface area contributed by atoms with Crippen LogP contribution in [-0.2, 0) is 5.41 Å². The normalized spacial score (nSPS) is 18.5. The Morgan fingerprint density at radius 1 is 1.27 bits per heavy atom. The number of hydrogen-bond acceptors (Lipinski definition) is 3. The van der Waals surface area contributed by atoms with E-state index in [9.17, 15) is 10.2 Å². The minimum atomic E-state index is -0.242. The van der Waals surface area contributed by atoms with Gasteiger partial charge in [-0.15, -0.1) is 0 Å². The summed E-state index contributed by atoms with van der Waals surface area (Å²) in [5, 5.41) is 19.5. The largest absolute Gasteiger partial charge is 0.504 e. The van der Waals surface area contributed by atoms with Crippen LogP contribution in [0.1, 0.15) is 24.8 Å². The lowest BCUT2D eigenvalue weighted by molar-refractivity contribution is 0.242. The van der Waals surface area contributed by atoms with Crippen LogP contribution < -0.4 is 5.73 Å². The Labute approximate surface area is 93.5 Å². The monoisotopic (exact) mass is 227 g/mol. The molecule has 4 N–H and O–H groups in total. The lowest BCUT2D eigenvalue weighted by atomic mass is 9.64. The zero-order valence-corrected chi connectivity index (χ0v) is 9.09. The van der Waals surface area contributed by atoms with Gasteiger partial charge in [0.1, 0.15) is 0 Å². The summed E-state index contributed by atoms with van der Waals surface area (Å²) in [4.78, 5) is 0. The zero-order valence-electron chi connectivity index (χ0n) is 8.33. The van der Waals surface area contributed by atoms with E-state index in [1.165, 1.54) is 0 Å². The molecule has 0 unspecified atom stereocenters. The molecular formula is C11H14ClNO2. The fraction of sp³-hybridized carbons (Fsp3) is 0.455. The Kier molecular flexibility index (Phi) is 2.52. The number of halogens is 1. The smallest absolute Gasteiger partial charge is 0.176 e. The standard InChI is InChI=1S/C11H14ClNO2/c12-8-3-2-7(9(14)10(8)15)11(6-13)4-1-5-11/h2-3,14-15H,1,4-6,13H2. The first-order valence-electron chi connectivity index (χ1n) is 5.02. The molecule has 0 aromatic heterocycles. The molecule has 2 rings (SSSR count). The summed E-state index contributed by atoms with van der Waals surface area (Å²) in [5.41, 5.74) is 6.29. The van der Waals surface area contributed by atoms with Crippen LogP contribution in [0, 0.1) is 0 Å².